The van der Waals surface area contributed by atoms with Gasteiger partial charge in [0, 0.05) is 13.0 Å². The summed E-state index contributed by atoms with van der Waals surface area (Å²) < 4.78 is 20.4. The van der Waals surface area contributed by atoms with E-state index in [4.69, 9.17) is 14.2 Å². The average Bonchev–Trinajstić information content (AvgIpc) is 2.30. The molecule has 0 fully saturated rings. The van der Waals surface area contributed by atoms with E-state index in [0.29, 0.717) is 45.9 Å². The van der Waals surface area contributed by atoms with Crippen molar-refractivity contribution in [3.05, 3.63) is 0 Å². The van der Waals surface area contributed by atoms with E-state index in [1.807, 2.05) is 13.8 Å². The van der Waals surface area contributed by atoms with Crippen LogP contribution in [0.4, 0.5) is 0 Å². The van der Waals surface area contributed by atoms with Crippen LogP contribution < -0.4 is 0 Å². The Labute approximate surface area is 103 Å². The van der Waals surface area contributed by atoms with E-state index in [9.17, 15) is 4.79 Å². The predicted molar refractivity (Wildman–Crippen MR) is 64.0 cm³/mol. The van der Waals surface area contributed by atoms with Gasteiger partial charge < -0.3 is 18.9 Å². The van der Waals surface area contributed by atoms with Gasteiger partial charge in [0.05, 0.1) is 39.6 Å². The minimum atomic E-state index is -0.198. The maximum absolute atomic E-state index is 10.8. The van der Waals surface area contributed by atoms with Crippen molar-refractivity contribution in [1.29, 1.82) is 0 Å². The molecule has 0 aromatic heterocycles. The molecule has 0 amide bonds. The molecule has 5 heteroatoms. The number of hydrogen-bond donors (Lipinski definition) is 0. The Morgan fingerprint density at radius 1 is 1.00 bits per heavy atom. The lowest BCUT2D eigenvalue weighted by Crippen LogP contribution is -2.12. The fourth-order valence-corrected chi connectivity index (χ4v) is 1.09. The Balaban J connectivity index is 3.01. The molecule has 17 heavy (non-hydrogen) atoms. The van der Waals surface area contributed by atoms with Gasteiger partial charge in [0.1, 0.15) is 0 Å². The average molecular weight is 248 g/mol. The van der Waals surface area contributed by atoms with Crippen molar-refractivity contribution in [3.8, 4) is 0 Å². The number of carbonyl (C=O) groups is 1. The molecule has 0 aliphatic rings. The molecule has 0 spiro atoms. The number of hydrogen-bond acceptors (Lipinski definition) is 5. The Bertz CT molecular complexity index is 182. The van der Waals surface area contributed by atoms with Crippen LogP contribution in [-0.4, -0.2) is 52.2 Å². The summed E-state index contributed by atoms with van der Waals surface area (Å²) >= 11 is 0. The summed E-state index contributed by atoms with van der Waals surface area (Å²) in [6.45, 7) is 6.84. The topological polar surface area (TPSA) is 54.0 Å². The monoisotopic (exact) mass is 248 g/mol. The minimum Gasteiger partial charge on any atom is -0.469 e. The first-order valence-electron chi connectivity index (χ1n) is 6.00. The Morgan fingerprint density at radius 2 is 1.59 bits per heavy atom. The van der Waals surface area contributed by atoms with E-state index in [1.165, 1.54) is 7.11 Å². The molecule has 0 rings (SSSR count). The molecule has 0 aromatic rings. The molecule has 0 aliphatic carbocycles. The third-order valence-electron chi connectivity index (χ3n) is 1.95. The van der Waals surface area contributed by atoms with Crippen LogP contribution in [0.2, 0.25) is 0 Å². The van der Waals surface area contributed by atoms with E-state index in [2.05, 4.69) is 4.74 Å². The van der Waals surface area contributed by atoms with Crippen molar-refractivity contribution in [2.24, 2.45) is 0 Å². The van der Waals surface area contributed by atoms with Crippen molar-refractivity contribution in [1.82, 2.24) is 0 Å². The summed E-state index contributed by atoms with van der Waals surface area (Å²) in [5, 5.41) is 0. The van der Waals surface area contributed by atoms with E-state index >= 15 is 0 Å². The zero-order chi connectivity index (χ0) is 12.9. The molecule has 0 saturated carbocycles. The van der Waals surface area contributed by atoms with E-state index in [0.717, 1.165) is 0 Å². The Kier molecular flexibility index (Phi) is 11.4. The largest absolute Gasteiger partial charge is 0.469 e. The summed E-state index contributed by atoms with van der Waals surface area (Å²) in [6.07, 6.45) is 1.33. The maximum atomic E-state index is 10.8. The van der Waals surface area contributed by atoms with Crippen LogP contribution in [0.3, 0.4) is 0 Å². The first-order chi connectivity index (χ1) is 8.16. The van der Waals surface area contributed by atoms with Gasteiger partial charge in [-0.15, -0.1) is 0 Å². The van der Waals surface area contributed by atoms with Gasteiger partial charge in [0.2, 0.25) is 0 Å². The highest BCUT2D eigenvalue weighted by Crippen LogP contribution is 1.93. The number of esters is 1. The first-order valence-corrected chi connectivity index (χ1v) is 6.00. The fourth-order valence-electron chi connectivity index (χ4n) is 1.09. The molecule has 0 heterocycles. The molecule has 0 aromatic carbocycles. The molecule has 5 nitrogen and oxygen atoms in total. The van der Waals surface area contributed by atoms with Gasteiger partial charge in [0.25, 0.3) is 0 Å². The van der Waals surface area contributed by atoms with E-state index in [-0.39, 0.29) is 12.1 Å². The molecular formula is C12H24O5. The Hall–Kier alpha value is -0.650. The van der Waals surface area contributed by atoms with Gasteiger partial charge >= 0.3 is 5.97 Å². The van der Waals surface area contributed by atoms with Gasteiger partial charge in [0.15, 0.2) is 0 Å². The van der Waals surface area contributed by atoms with Crippen molar-refractivity contribution in [2.75, 3.05) is 40.1 Å². The summed E-state index contributed by atoms with van der Waals surface area (Å²) in [4.78, 5) is 10.8. The molecule has 0 bridgehead atoms. The molecule has 0 N–H and O–H groups in total. The maximum Gasteiger partial charge on any atom is 0.305 e. The SMILES string of the molecule is COC(=O)CCCOCCOCCOC(C)C. The van der Waals surface area contributed by atoms with E-state index < -0.39 is 0 Å². The smallest absolute Gasteiger partial charge is 0.305 e. The number of rotatable bonds is 11. The molecule has 0 saturated heterocycles. The molecule has 0 radical (unpaired) electrons. The number of methoxy groups -OCH3 is 1. The highest BCUT2D eigenvalue weighted by Gasteiger charge is 1.99. The zero-order valence-electron chi connectivity index (χ0n) is 11.1. The summed E-state index contributed by atoms with van der Waals surface area (Å²) in [5.74, 6) is -0.198. The van der Waals surface area contributed by atoms with Crippen LogP contribution in [0.5, 0.6) is 0 Å². The van der Waals surface area contributed by atoms with Gasteiger partial charge in [-0.05, 0) is 20.3 Å². The van der Waals surface area contributed by atoms with Crippen LogP contribution in [0, 0.1) is 0 Å². The van der Waals surface area contributed by atoms with Crippen molar-refractivity contribution in [2.45, 2.75) is 32.8 Å². The third kappa shape index (κ3) is 13.3. The molecule has 0 unspecified atom stereocenters. The lowest BCUT2D eigenvalue weighted by atomic mass is 10.3. The highest BCUT2D eigenvalue weighted by atomic mass is 16.5. The minimum absolute atomic E-state index is 0.198. The van der Waals surface area contributed by atoms with Gasteiger partial charge in [-0.25, -0.2) is 0 Å². The second kappa shape index (κ2) is 11.8. The molecular weight excluding hydrogens is 224 g/mol. The quantitative estimate of drug-likeness (QED) is 0.408. The molecule has 0 atom stereocenters. The molecule has 102 valence electrons. The van der Waals surface area contributed by atoms with Gasteiger partial charge in [-0.1, -0.05) is 0 Å². The summed E-state index contributed by atoms with van der Waals surface area (Å²) in [5.41, 5.74) is 0. The zero-order valence-corrected chi connectivity index (χ0v) is 11.1. The van der Waals surface area contributed by atoms with Crippen LogP contribution in [0.25, 0.3) is 0 Å². The van der Waals surface area contributed by atoms with Gasteiger partial charge in [-0.2, -0.15) is 0 Å². The third-order valence-corrected chi connectivity index (χ3v) is 1.95. The lowest BCUT2D eigenvalue weighted by Gasteiger charge is -2.08. The number of carbonyl (C=O) groups excluding carboxylic acids is 1. The van der Waals surface area contributed by atoms with Crippen LogP contribution in [-0.2, 0) is 23.7 Å². The van der Waals surface area contributed by atoms with E-state index in [1.54, 1.807) is 0 Å². The van der Waals surface area contributed by atoms with Crippen LogP contribution in [0.1, 0.15) is 26.7 Å². The summed E-state index contributed by atoms with van der Waals surface area (Å²) in [6, 6.07) is 0. The second-order valence-electron chi connectivity index (χ2n) is 3.82. The highest BCUT2D eigenvalue weighted by molar-refractivity contribution is 5.68. The first kappa shape index (κ1) is 16.4. The number of ether oxygens (including phenoxy) is 4. The lowest BCUT2D eigenvalue weighted by molar-refractivity contribution is -0.141. The molecule has 0 aliphatic heterocycles. The summed E-state index contributed by atoms with van der Waals surface area (Å²) in [7, 11) is 1.39. The standard InChI is InChI=1S/C12H24O5/c1-11(2)17-10-9-16-8-7-15-6-4-5-12(13)14-3/h11H,4-10H2,1-3H3. The van der Waals surface area contributed by atoms with Crippen molar-refractivity contribution < 1.29 is 23.7 Å². The van der Waals surface area contributed by atoms with Crippen LogP contribution >= 0.6 is 0 Å². The second-order valence-corrected chi connectivity index (χ2v) is 3.82. The van der Waals surface area contributed by atoms with Crippen LogP contribution in [0.15, 0.2) is 0 Å². The fraction of sp³-hybridized carbons (Fsp3) is 0.917. The van der Waals surface area contributed by atoms with Crippen molar-refractivity contribution >= 4 is 5.97 Å². The van der Waals surface area contributed by atoms with Crippen molar-refractivity contribution in [3.63, 3.8) is 0 Å². The Morgan fingerprint density at radius 3 is 2.18 bits per heavy atom. The van der Waals surface area contributed by atoms with Gasteiger partial charge in [-0.3, -0.25) is 4.79 Å². The normalized spacial score (nSPS) is 10.8. The predicted octanol–water partition coefficient (Wildman–Crippen LogP) is 1.40.